The second-order valence-electron chi connectivity index (χ2n) is 3.65. The average Bonchev–Trinajstić information content (AvgIpc) is 2.31. The number of hydrogen-bond donors (Lipinski definition) is 2. The maximum atomic E-state index is 11.8. The number of hydrogen-bond acceptors (Lipinski definition) is 2. The van der Waals surface area contributed by atoms with Crippen LogP contribution >= 0.6 is 22.6 Å². The molecular weight excluding hydrogens is 329 g/mol. The van der Waals surface area contributed by atoms with Gasteiger partial charge in [-0.2, -0.15) is 0 Å². The van der Waals surface area contributed by atoms with Gasteiger partial charge < -0.3 is 10.4 Å². The Morgan fingerprint density at radius 3 is 2.88 bits per heavy atom. The van der Waals surface area contributed by atoms with E-state index in [0.29, 0.717) is 9.13 Å². The standard InChI is InChI=1S/C13H14INO2/c1-3-5-10(4-2)15-13(17)9-6-7-11(14)12(16)8-9/h2,6-8,10,16H,3,5H2,1H3,(H,15,17). The lowest BCUT2D eigenvalue weighted by molar-refractivity contribution is 0.0944. The summed E-state index contributed by atoms with van der Waals surface area (Å²) in [6.45, 7) is 2.01. The molecule has 2 N–H and O–H groups in total. The molecule has 4 heteroatoms. The van der Waals surface area contributed by atoms with Gasteiger partial charge >= 0.3 is 0 Å². The van der Waals surface area contributed by atoms with Crippen LogP contribution in [0, 0.1) is 15.9 Å². The molecule has 0 saturated heterocycles. The summed E-state index contributed by atoms with van der Waals surface area (Å²) in [6.07, 6.45) is 6.98. The number of benzene rings is 1. The van der Waals surface area contributed by atoms with E-state index < -0.39 is 0 Å². The number of carbonyl (C=O) groups excluding carboxylic acids is 1. The third-order valence-corrected chi connectivity index (χ3v) is 3.20. The zero-order valence-corrected chi connectivity index (χ0v) is 11.7. The number of nitrogens with one attached hydrogen (secondary N) is 1. The van der Waals surface area contributed by atoms with Crippen molar-refractivity contribution in [2.24, 2.45) is 0 Å². The molecule has 0 heterocycles. The first-order valence-electron chi connectivity index (χ1n) is 5.34. The van der Waals surface area contributed by atoms with E-state index in [-0.39, 0.29) is 17.7 Å². The molecule has 0 aliphatic heterocycles. The molecule has 3 nitrogen and oxygen atoms in total. The van der Waals surface area contributed by atoms with Gasteiger partial charge in [0.1, 0.15) is 5.75 Å². The number of carbonyl (C=O) groups is 1. The minimum absolute atomic E-state index is 0.103. The van der Waals surface area contributed by atoms with Crippen LogP contribution in [-0.2, 0) is 0 Å². The number of halogens is 1. The van der Waals surface area contributed by atoms with Crippen LogP contribution in [0.2, 0.25) is 0 Å². The Bertz CT molecular complexity index is 451. The first kappa shape index (κ1) is 13.8. The molecule has 1 amide bonds. The van der Waals surface area contributed by atoms with Crippen molar-refractivity contribution in [2.45, 2.75) is 25.8 Å². The van der Waals surface area contributed by atoms with Crippen molar-refractivity contribution in [1.82, 2.24) is 5.32 Å². The van der Waals surface area contributed by atoms with Crippen LogP contribution in [0.15, 0.2) is 18.2 Å². The zero-order chi connectivity index (χ0) is 12.8. The average molecular weight is 343 g/mol. The molecule has 0 aliphatic rings. The van der Waals surface area contributed by atoms with Gasteiger partial charge in [-0.1, -0.05) is 19.3 Å². The van der Waals surface area contributed by atoms with Gasteiger partial charge in [-0.25, -0.2) is 0 Å². The molecule has 1 unspecified atom stereocenters. The number of terminal acetylenes is 1. The Morgan fingerprint density at radius 1 is 1.65 bits per heavy atom. The lowest BCUT2D eigenvalue weighted by Crippen LogP contribution is -2.33. The van der Waals surface area contributed by atoms with Crippen LogP contribution in [0.3, 0.4) is 0 Å². The van der Waals surface area contributed by atoms with E-state index in [1.54, 1.807) is 12.1 Å². The molecule has 1 aromatic rings. The minimum atomic E-state index is -0.256. The molecule has 0 spiro atoms. The number of rotatable bonds is 4. The van der Waals surface area contributed by atoms with Gasteiger partial charge in [0.05, 0.1) is 9.61 Å². The van der Waals surface area contributed by atoms with E-state index >= 15 is 0 Å². The van der Waals surface area contributed by atoms with Crippen molar-refractivity contribution >= 4 is 28.5 Å². The zero-order valence-electron chi connectivity index (χ0n) is 9.53. The summed E-state index contributed by atoms with van der Waals surface area (Å²) in [4.78, 5) is 11.8. The number of amides is 1. The summed E-state index contributed by atoms with van der Waals surface area (Å²) in [5.74, 6) is 2.38. The Labute approximate surface area is 115 Å². The van der Waals surface area contributed by atoms with Gasteiger partial charge in [0.15, 0.2) is 0 Å². The molecule has 0 radical (unpaired) electrons. The molecular formula is C13H14INO2. The highest BCUT2D eigenvalue weighted by molar-refractivity contribution is 14.1. The van der Waals surface area contributed by atoms with Crippen molar-refractivity contribution in [1.29, 1.82) is 0 Å². The second-order valence-corrected chi connectivity index (χ2v) is 4.81. The largest absolute Gasteiger partial charge is 0.507 e. The Balaban J connectivity index is 2.76. The third kappa shape index (κ3) is 3.93. The van der Waals surface area contributed by atoms with E-state index in [4.69, 9.17) is 6.42 Å². The van der Waals surface area contributed by atoms with Crippen LogP contribution in [0.25, 0.3) is 0 Å². The van der Waals surface area contributed by atoms with E-state index in [0.717, 1.165) is 12.8 Å². The Hall–Kier alpha value is -1.22. The molecule has 1 aromatic carbocycles. The smallest absolute Gasteiger partial charge is 0.252 e. The molecule has 1 atom stereocenters. The molecule has 0 saturated carbocycles. The molecule has 0 fully saturated rings. The van der Waals surface area contributed by atoms with Crippen molar-refractivity contribution in [3.8, 4) is 18.1 Å². The normalized spacial score (nSPS) is 11.6. The first-order valence-corrected chi connectivity index (χ1v) is 6.41. The summed E-state index contributed by atoms with van der Waals surface area (Å²) >= 11 is 2.00. The summed E-state index contributed by atoms with van der Waals surface area (Å²) < 4.78 is 0.709. The van der Waals surface area contributed by atoms with Crippen LogP contribution in [0.4, 0.5) is 0 Å². The predicted molar refractivity (Wildman–Crippen MR) is 75.8 cm³/mol. The summed E-state index contributed by atoms with van der Waals surface area (Å²) in [7, 11) is 0. The fourth-order valence-electron chi connectivity index (χ4n) is 1.38. The minimum Gasteiger partial charge on any atom is -0.507 e. The van der Waals surface area contributed by atoms with Gasteiger partial charge in [0, 0.05) is 5.56 Å². The lowest BCUT2D eigenvalue weighted by Gasteiger charge is -2.12. The van der Waals surface area contributed by atoms with E-state index in [9.17, 15) is 9.90 Å². The van der Waals surface area contributed by atoms with Gasteiger partial charge in [0.25, 0.3) is 5.91 Å². The van der Waals surface area contributed by atoms with E-state index in [2.05, 4.69) is 11.2 Å². The van der Waals surface area contributed by atoms with Crippen molar-refractivity contribution < 1.29 is 9.90 Å². The highest BCUT2D eigenvalue weighted by Gasteiger charge is 2.12. The van der Waals surface area contributed by atoms with Crippen molar-refractivity contribution in [3.05, 3.63) is 27.3 Å². The van der Waals surface area contributed by atoms with Gasteiger partial charge in [-0.15, -0.1) is 6.42 Å². The molecule has 90 valence electrons. The van der Waals surface area contributed by atoms with Gasteiger partial charge in [0.2, 0.25) is 0 Å². The fraction of sp³-hybridized carbons (Fsp3) is 0.308. The lowest BCUT2D eigenvalue weighted by atomic mass is 10.1. The SMILES string of the molecule is C#CC(CCC)NC(=O)c1ccc(I)c(O)c1. The Morgan fingerprint density at radius 2 is 2.35 bits per heavy atom. The third-order valence-electron chi connectivity index (χ3n) is 2.29. The molecule has 0 bridgehead atoms. The Kier molecular flexibility index (Phi) is 5.29. The molecule has 17 heavy (non-hydrogen) atoms. The van der Waals surface area contributed by atoms with Crippen molar-refractivity contribution in [2.75, 3.05) is 0 Å². The molecule has 0 aromatic heterocycles. The van der Waals surface area contributed by atoms with Crippen LogP contribution < -0.4 is 5.32 Å². The highest BCUT2D eigenvalue weighted by atomic mass is 127. The van der Waals surface area contributed by atoms with Crippen LogP contribution in [0.1, 0.15) is 30.1 Å². The first-order chi connectivity index (χ1) is 8.08. The monoisotopic (exact) mass is 343 g/mol. The van der Waals surface area contributed by atoms with Crippen molar-refractivity contribution in [3.63, 3.8) is 0 Å². The second kappa shape index (κ2) is 6.50. The number of phenols is 1. The summed E-state index contributed by atoms with van der Waals surface area (Å²) in [5.41, 5.74) is 0.416. The van der Waals surface area contributed by atoms with Crippen LogP contribution in [-0.4, -0.2) is 17.1 Å². The van der Waals surface area contributed by atoms with Crippen LogP contribution in [0.5, 0.6) is 5.75 Å². The van der Waals surface area contributed by atoms with E-state index in [1.807, 2.05) is 29.5 Å². The maximum Gasteiger partial charge on any atom is 0.252 e. The molecule has 1 rings (SSSR count). The fourth-order valence-corrected chi connectivity index (χ4v) is 1.72. The van der Waals surface area contributed by atoms with E-state index in [1.165, 1.54) is 6.07 Å². The highest BCUT2D eigenvalue weighted by Crippen LogP contribution is 2.20. The summed E-state index contributed by atoms with van der Waals surface area (Å²) in [5, 5.41) is 12.3. The predicted octanol–water partition coefficient (Wildman–Crippen LogP) is 2.53. The quantitative estimate of drug-likeness (QED) is 0.652. The number of aromatic hydroxyl groups is 1. The summed E-state index contributed by atoms with van der Waals surface area (Å²) in [6, 6.07) is 4.54. The molecule has 0 aliphatic carbocycles. The number of phenolic OH excluding ortho intramolecular Hbond substituents is 1. The maximum absolute atomic E-state index is 11.8. The topological polar surface area (TPSA) is 49.3 Å². The van der Waals surface area contributed by atoms with Gasteiger partial charge in [-0.05, 0) is 47.2 Å². The van der Waals surface area contributed by atoms with Gasteiger partial charge in [-0.3, -0.25) is 4.79 Å².